The lowest BCUT2D eigenvalue weighted by Gasteiger charge is -2.28. The summed E-state index contributed by atoms with van der Waals surface area (Å²) in [7, 11) is 1.24. The number of likely N-dealkylation sites (tertiary alicyclic amines) is 2. The topological polar surface area (TPSA) is 98.3 Å². The molecule has 9 nitrogen and oxygen atoms in total. The van der Waals surface area contributed by atoms with Crippen molar-refractivity contribution in [3.05, 3.63) is 36.4 Å². The molecule has 3 atom stereocenters. The van der Waals surface area contributed by atoms with E-state index in [1.165, 1.54) is 11.9 Å². The first kappa shape index (κ1) is 24.7. The number of carbonyl (C=O) groups excluding carboxylic acids is 3. The van der Waals surface area contributed by atoms with Crippen molar-refractivity contribution in [1.29, 1.82) is 0 Å². The zero-order valence-corrected chi connectivity index (χ0v) is 21.9. The minimum Gasteiger partial charge on any atom is -0.377 e. The van der Waals surface area contributed by atoms with Crippen LogP contribution in [0.25, 0.3) is 10.8 Å². The molecule has 0 aromatic heterocycles. The van der Waals surface area contributed by atoms with Gasteiger partial charge < -0.3 is 9.80 Å². The van der Waals surface area contributed by atoms with Crippen molar-refractivity contribution in [2.24, 2.45) is 11.8 Å². The number of likely N-dealkylation sites (N-methyl/N-ethyl adjacent to an activating group) is 1. The number of fused-ring (bicyclic) bond motifs is 2. The van der Waals surface area contributed by atoms with E-state index < -0.39 is 22.0 Å². The van der Waals surface area contributed by atoms with Gasteiger partial charge in [0.1, 0.15) is 0 Å². The third kappa shape index (κ3) is 3.87. The molecule has 2 aromatic carbocycles. The lowest BCUT2D eigenvalue weighted by molar-refractivity contribution is -0.146. The summed E-state index contributed by atoms with van der Waals surface area (Å²) in [4.78, 5) is 44.0. The number of sulfonamides is 1. The van der Waals surface area contributed by atoms with Gasteiger partial charge in [-0.3, -0.25) is 19.3 Å². The van der Waals surface area contributed by atoms with Gasteiger partial charge in [0.25, 0.3) is 0 Å². The van der Waals surface area contributed by atoms with E-state index in [0.29, 0.717) is 18.4 Å². The van der Waals surface area contributed by atoms with E-state index in [4.69, 9.17) is 0 Å². The highest BCUT2D eigenvalue weighted by molar-refractivity contribution is 7.89. The quantitative estimate of drug-likeness (QED) is 0.549. The van der Waals surface area contributed by atoms with E-state index in [-0.39, 0.29) is 41.1 Å². The second kappa shape index (κ2) is 8.85. The first-order chi connectivity index (χ1) is 17.0. The number of carbonyl (C=O) groups is 3. The molecular weight excluding hydrogens is 480 g/mol. The molecule has 3 aliphatic rings. The summed E-state index contributed by atoms with van der Waals surface area (Å²) < 4.78 is 28.2. The van der Waals surface area contributed by atoms with Crippen LogP contribution in [0.5, 0.6) is 0 Å². The maximum absolute atomic E-state index is 13.6. The molecule has 2 aliphatic heterocycles. The average Bonchev–Trinajstić information content (AvgIpc) is 3.56. The van der Waals surface area contributed by atoms with Crippen LogP contribution in [0, 0.1) is 11.8 Å². The first-order valence-corrected chi connectivity index (χ1v) is 13.8. The number of benzene rings is 2. The summed E-state index contributed by atoms with van der Waals surface area (Å²) in [5.74, 6) is -1.28. The van der Waals surface area contributed by atoms with Gasteiger partial charge >= 0.3 is 0 Å². The number of amides is 3. The second-order valence-corrected chi connectivity index (χ2v) is 12.3. The molecule has 0 unspecified atom stereocenters. The van der Waals surface area contributed by atoms with Crippen LogP contribution in [-0.2, 0) is 24.4 Å². The number of nitrogens with zero attached hydrogens (tertiary/aromatic N) is 4. The standard InChI is InChI=1S/C26H32N4O5S/c1-16-24-21(30(25(16)32)26(33)17-11-12-17)13-14-29(24)23(31)15-28(4)36(34,35)22-10-6-7-18-19(22)8-5-9-20(18)27(2)3/h5-10,16-17,21,24H,11-15H2,1-4H3/t16-,21-,24+/m0/s1. The van der Waals surface area contributed by atoms with E-state index in [1.54, 1.807) is 30.0 Å². The molecule has 2 saturated heterocycles. The van der Waals surface area contributed by atoms with Gasteiger partial charge in [-0.15, -0.1) is 0 Å². The highest BCUT2D eigenvalue weighted by Crippen LogP contribution is 2.41. The molecule has 1 aliphatic carbocycles. The summed E-state index contributed by atoms with van der Waals surface area (Å²) in [6.45, 7) is 1.81. The fourth-order valence-electron chi connectivity index (χ4n) is 5.72. The molecule has 192 valence electrons. The van der Waals surface area contributed by atoms with E-state index in [2.05, 4.69) is 0 Å². The van der Waals surface area contributed by atoms with Crippen LogP contribution in [0.2, 0.25) is 0 Å². The molecule has 2 aromatic rings. The maximum Gasteiger partial charge on any atom is 0.243 e. The summed E-state index contributed by atoms with van der Waals surface area (Å²) in [6.07, 6.45) is 2.14. The average molecular weight is 513 g/mol. The molecule has 0 bridgehead atoms. The van der Waals surface area contributed by atoms with Crippen LogP contribution in [0.3, 0.4) is 0 Å². The molecule has 36 heavy (non-hydrogen) atoms. The summed E-state index contributed by atoms with van der Waals surface area (Å²) in [6, 6.07) is 9.93. The van der Waals surface area contributed by atoms with Gasteiger partial charge in [-0.25, -0.2) is 8.42 Å². The fourth-order valence-corrected chi connectivity index (χ4v) is 7.04. The number of anilines is 1. The van der Waals surface area contributed by atoms with Crippen molar-refractivity contribution >= 4 is 44.2 Å². The van der Waals surface area contributed by atoms with Gasteiger partial charge in [-0.1, -0.05) is 31.2 Å². The van der Waals surface area contributed by atoms with Crippen LogP contribution in [-0.4, -0.2) is 86.6 Å². The summed E-state index contributed by atoms with van der Waals surface area (Å²) in [5, 5.41) is 1.40. The van der Waals surface area contributed by atoms with E-state index in [9.17, 15) is 22.8 Å². The third-order valence-corrected chi connectivity index (χ3v) is 9.62. The Balaban J connectivity index is 1.37. The van der Waals surface area contributed by atoms with Crippen LogP contribution < -0.4 is 4.90 Å². The number of imide groups is 1. The monoisotopic (exact) mass is 512 g/mol. The Morgan fingerprint density at radius 1 is 1.00 bits per heavy atom. The highest BCUT2D eigenvalue weighted by Gasteiger charge is 2.56. The number of hydrogen-bond donors (Lipinski definition) is 0. The largest absolute Gasteiger partial charge is 0.377 e. The van der Waals surface area contributed by atoms with Gasteiger partial charge in [0.2, 0.25) is 27.7 Å². The van der Waals surface area contributed by atoms with E-state index in [0.717, 1.165) is 28.2 Å². The molecule has 0 radical (unpaired) electrons. The molecule has 0 N–H and O–H groups in total. The fraction of sp³-hybridized carbons (Fsp3) is 0.500. The predicted molar refractivity (Wildman–Crippen MR) is 136 cm³/mol. The molecule has 10 heteroatoms. The van der Waals surface area contributed by atoms with Crippen LogP contribution >= 0.6 is 0 Å². The summed E-state index contributed by atoms with van der Waals surface area (Å²) in [5.41, 5.74) is 0.900. The smallest absolute Gasteiger partial charge is 0.243 e. The van der Waals surface area contributed by atoms with E-state index >= 15 is 0 Å². The third-order valence-electron chi connectivity index (χ3n) is 7.76. The van der Waals surface area contributed by atoms with E-state index in [1.807, 2.05) is 37.2 Å². The normalized spacial score (nSPS) is 24.0. The summed E-state index contributed by atoms with van der Waals surface area (Å²) >= 11 is 0. The zero-order valence-electron chi connectivity index (χ0n) is 21.0. The molecule has 1 saturated carbocycles. The van der Waals surface area contributed by atoms with Crippen molar-refractivity contribution in [2.75, 3.05) is 39.1 Å². The van der Waals surface area contributed by atoms with Crippen molar-refractivity contribution in [1.82, 2.24) is 14.1 Å². The molecule has 3 fully saturated rings. The molecule has 2 heterocycles. The Labute approximate surface area is 211 Å². The van der Waals surface area contributed by atoms with Gasteiger partial charge in [0.15, 0.2) is 0 Å². The lowest BCUT2D eigenvalue weighted by Crippen LogP contribution is -2.47. The van der Waals surface area contributed by atoms with Crippen LogP contribution in [0.15, 0.2) is 41.3 Å². The minimum atomic E-state index is -3.97. The molecule has 5 rings (SSSR count). The predicted octanol–water partition coefficient (Wildman–Crippen LogP) is 1.91. The van der Waals surface area contributed by atoms with Crippen molar-refractivity contribution < 1.29 is 22.8 Å². The van der Waals surface area contributed by atoms with Gasteiger partial charge in [0.05, 0.1) is 29.4 Å². The van der Waals surface area contributed by atoms with Gasteiger partial charge in [-0.2, -0.15) is 4.31 Å². The molecular formula is C26H32N4O5S. The minimum absolute atomic E-state index is 0.0744. The van der Waals surface area contributed by atoms with Crippen molar-refractivity contribution in [3.63, 3.8) is 0 Å². The van der Waals surface area contributed by atoms with Gasteiger partial charge in [0, 0.05) is 50.1 Å². The molecule has 3 amide bonds. The Morgan fingerprint density at radius 3 is 2.33 bits per heavy atom. The van der Waals surface area contributed by atoms with Crippen molar-refractivity contribution in [3.8, 4) is 0 Å². The Kier molecular flexibility index (Phi) is 6.07. The number of hydrogen-bond acceptors (Lipinski definition) is 6. The van der Waals surface area contributed by atoms with Crippen LogP contribution in [0.4, 0.5) is 5.69 Å². The highest BCUT2D eigenvalue weighted by atomic mass is 32.2. The SMILES string of the molecule is C[C@@H]1C(=O)N(C(=O)C2CC2)[C@H]2CCN(C(=O)CN(C)S(=O)(=O)c3cccc4c(N(C)C)cccc34)[C@H]12. The number of rotatable bonds is 6. The molecule has 0 spiro atoms. The Morgan fingerprint density at radius 2 is 1.67 bits per heavy atom. The lowest BCUT2D eigenvalue weighted by atomic mass is 10.0. The Hall–Kier alpha value is -2.98. The first-order valence-electron chi connectivity index (χ1n) is 12.4. The maximum atomic E-state index is 13.6. The second-order valence-electron chi connectivity index (χ2n) is 10.3. The van der Waals surface area contributed by atoms with Crippen LogP contribution in [0.1, 0.15) is 26.2 Å². The zero-order chi connectivity index (χ0) is 25.9. The Bertz CT molecular complexity index is 1350. The van der Waals surface area contributed by atoms with Crippen molar-refractivity contribution in [2.45, 2.75) is 43.2 Å². The van der Waals surface area contributed by atoms with Gasteiger partial charge in [-0.05, 0) is 31.4 Å².